The minimum absolute atomic E-state index is 0.0277. The SMILES string of the molecule is CC(=O)c1c(-c2ccc3c(c2)C(=O)NS3(=O)=O)nc2c(-c3cnn(-c4ccccc4)c3)cnn2c1N. The van der Waals surface area contributed by atoms with Crippen LogP contribution in [0.15, 0.2) is 72.0 Å². The van der Waals surface area contributed by atoms with Gasteiger partial charge in [0.15, 0.2) is 11.4 Å². The molecule has 1 aliphatic rings. The summed E-state index contributed by atoms with van der Waals surface area (Å²) in [6.07, 6.45) is 5.08. The van der Waals surface area contributed by atoms with E-state index in [2.05, 4.69) is 10.2 Å². The summed E-state index contributed by atoms with van der Waals surface area (Å²) < 4.78 is 29.3. The summed E-state index contributed by atoms with van der Waals surface area (Å²) >= 11 is 0. The van der Waals surface area contributed by atoms with E-state index >= 15 is 0 Å². The molecule has 0 bridgehead atoms. The van der Waals surface area contributed by atoms with Crippen molar-refractivity contribution in [2.75, 3.05) is 5.73 Å². The van der Waals surface area contributed by atoms with Crippen molar-refractivity contribution in [3.8, 4) is 28.1 Å². The zero-order chi connectivity index (χ0) is 25.2. The van der Waals surface area contributed by atoms with Gasteiger partial charge in [-0.15, -0.1) is 0 Å². The first-order valence-corrected chi connectivity index (χ1v) is 12.2. The fraction of sp³-hybridized carbons (Fsp3) is 0.0417. The van der Waals surface area contributed by atoms with Crippen LogP contribution in [0, 0.1) is 0 Å². The molecule has 6 rings (SSSR count). The molecule has 11 nitrogen and oxygen atoms in total. The maximum atomic E-state index is 12.6. The molecular weight excluding hydrogens is 482 g/mol. The van der Waals surface area contributed by atoms with Crippen molar-refractivity contribution in [2.45, 2.75) is 11.8 Å². The Hall–Kier alpha value is -4.84. The van der Waals surface area contributed by atoms with Crippen LogP contribution in [-0.4, -0.2) is 44.5 Å². The number of nitrogens with one attached hydrogen (secondary N) is 1. The number of nitrogens with two attached hydrogens (primary N) is 1. The van der Waals surface area contributed by atoms with E-state index in [0.717, 1.165) is 11.3 Å². The minimum Gasteiger partial charge on any atom is -0.383 e. The molecule has 3 N–H and O–H groups in total. The van der Waals surface area contributed by atoms with Crippen LogP contribution in [0.4, 0.5) is 5.82 Å². The lowest BCUT2D eigenvalue weighted by Crippen LogP contribution is -2.20. The second kappa shape index (κ2) is 7.58. The van der Waals surface area contributed by atoms with Crippen molar-refractivity contribution in [3.63, 3.8) is 0 Å². The molecule has 1 amide bonds. The number of hydrogen-bond acceptors (Lipinski definition) is 8. The fourth-order valence-corrected chi connectivity index (χ4v) is 5.43. The lowest BCUT2D eigenvalue weighted by atomic mass is 10.0. The summed E-state index contributed by atoms with van der Waals surface area (Å²) in [4.78, 5) is 29.4. The number of ketones is 1. The van der Waals surface area contributed by atoms with E-state index in [1.165, 1.54) is 29.6 Å². The van der Waals surface area contributed by atoms with Gasteiger partial charge in [-0.3, -0.25) is 9.59 Å². The highest BCUT2D eigenvalue weighted by Crippen LogP contribution is 2.34. The van der Waals surface area contributed by atoms with Crippen LogP contribution in [0.3, 0.4) is 0 Å². The van der Waals surface area contributed by atoms with E-state index in [4.69, 9.17) is 10.7 Å². The Morgan fingerprint density at radius 2 is 1.78 bits per heavy atom. The largest absolute Gasteiger partial charge is 0.383 e. The molecule has 12 heteroatoms. The number of carbonyl (C=O) groups is 2. The predicted molar refractivity (Wildman–Crippen MR) is 130 cm³/mol. The van der Waals surface area contributed by atoms with Crippen molar-refractivity contribution < 1.29 is 18.0 Å². The van der Waals surface area contributed by atoms with Crippen molar-refractivity contribution in [1.82, 2.24) is 29.1 Å². The van der Waals surface area contributed by atoms with Crippen molar-refractivity contribution in [3.05, 3.63) is 78.2 Å². The number of aromatic nitrogens is 5. The first-order valence-electron chi connectivity index (χ1n) is 10.7. The Morgan fingerprint density at radius 1 is 1.00 bits per heavy atom. The van der Waals surface area contributed by atoms with E-state index in [1.807, 2.05) is 41.3 Å². The third-order valence-electron chi connectivity index (χ3n) is 5.96. The van der Waals surface area contributed by atoms with Crippen LogP contribution in [0.1, 0.15) is 27.6 Å². The number of fused-ring (bicyclic) bond motifs is 2. The molecule has 0 fully saturated rings. The third-order valence-corrected chi connectivity index (χ3v) is 7.35. The van der Waals surface area contributed by atoms with Gasteiger partial charge in [-0.1, -0.05) is 24.3 Å². The average molecular weight is 500 g/mol. The van der Waals surface area contributed by atoms with Gasteiger partial charge in [0.05, 0.1) is 34.9 Å². The van der Waals surface area contributed by atoms with E-state index in [1.54, 1.807) is 17.1 Å². The highest BCUT2D eigenvalue weighted by molar-refractivity contribution is 7.90. The molecule has 4 heterocycles. The standard InChI is InChI=1S/C24H17N7O4S/c1-13(32)20-21(14-7-8-19-17(9-14)24(33)29-36(19,34)35)28-23-18(11-27-31(23)22(20)25)15-10-26-30(12-15)16-5-3-2-4-6-16/h2-12H,25H2,1H3,(H,29,33). The van der Waals surface area contributed by atoms with Gasteiger partial charge in [0, 0.05) is 22.9 Å². The normalized spacial score (nSPS) is 14.1. The summed E-state index contributed by atoms with van der Waals surface area (Å²) in [5.74, 6) is -1.03. The Bertz CT molecular complexity index is 1840. The summed E-state index contributed by atoms with van der Waals surface area (Å²) in [7, 11) is -3.91. The topological polar surface area (TPSA) is 154 Å². The highest BCUT2D eigenvalue weighted by Gasteiger charge is 2.33. The molecule has 0 spiro atoms. The number of carbonyl (C=O) groups excluding carboxylic acids is 2. The number of rotatable bonds is 4. The van der Waals surface area contributed by atoms with Gasteiger partial charge in [0.1, 0.15) is 10.7 Å². The first kappa shape index (κ1) is 21.7. The highest BCUT2D eigenvalue weighted by atomic mass is 32.2. The van der Waals surface area contributed by atoms with Crippen molar-refractivity contribution >= 4 is 33.2 Å². The smallest absolute Gasteiger partial charge is 0.266 e. The molecule has 3 aromatic heterocycles. The minimum atomic E-state index is -3.91. The van der Waals surface area contributed by atoms with E-state index in [9.17, 15) is 18.0 Å². The van der Waals surface area contributed by atoms with Crippen LogP contribution in [0.25, 0.3) is 33.7 Å². The fourth-order valence-electron chi connectivity index (χ4n) is 4.28. The summed E-state index contributed by atoms with van der Waals surface area (Å²) in [5.41, 5.74) is 9.63. The number of benzene rings is 2. The zero-order valence-corrected chi connectivity index (χ0v) is 19.5. The van der Waals surface area contributed by atoms with E-state index < -0.39 is 15.9 Å². The van der Waals surface area contributed by atoms with Crippen LogP contribution < -0.4 is 10.5 Å². The van der Waals surface area contributed by atoms with Gasteiger partial charge >= 0.3 is 0 Å². The number of nitrogens with zero attached hydrogens (tertiary/aromatic N) is 5. The second-order valence-corrected chi connectivity index (χ2v) is 9.88. The second-order valence-electron chi connectivity index (χ2n) is 8.23. The molecule has 2 aromatic carbocycles. The Labute approximate surface area is 204 Å². The van der Waals surface area contributed by atoms with E-state index in [0.29, 0.717) is 16.8 Å². The number of nitrogen functional groups attached to an aromatic ring is 1. The lowest BCUT2D eigenvalue weighted by molar-refractivity contribution is 0.0983. The van der Waals surface area contributed by atoms with Gasteiger partial charge in [-0.25, -0.2) is 22.8 Å². The van der Waals surface area contributed by atoms with Gasteiger partial charge in [0.25, 0.3) is 15.9 Å². The molecule has 0 saturated heterocycles. The van der Waals surface area contributed by atoms with Gasteiger partial charge < -0.3 is 5.73 Å². The number of hydrogen-bond donors (Lipinski definition) is 2. The Kier molecular flexibility index (Phi) is 4.57. The van der Waals surface area contributed by atoms with Gasteiger partial charge in [-0.2, -0.15) is 14.7 Å². The van der Waals surface area contributed by atoms with Crippen molar-refractivity contribution in [1.29, 1.82) is 0 Å². The summed E-state index contributed by atoms with van der Waals surface area (Å²) in [6, 6.07) is 13.8. The van der Waals surface area contributed by atoms with Crippen LogP contribution in [0.2, 0.25) is 0 Å². The van der Waals surface area contributed by atoms with E-state index in [-0.39, 0.29) is 33.3 Å². The van der Waals surface area contributed by atoms with Gasteiger partial charge in [-0.05, 0) is 31.2 Å². The van der Waals surface area contributed by atoms with Crippen LogP contribution in [0.5, 0.6) is 0 Å². The molecular formula is C24H17N7O4S. The zero-order valence-electron chi connectivity index (χ0n) is 18.7. The Morgan fingerprint density at radius 3 is 2.53 bits per heavy atom. The molecule has 36 heavy (non-hydrogen) atoms. The monoisotopic (exact) mass is 499 g/mol. The predicted octanol–water partition coefficient (Wildman–Crippen LogP) is 2.47. The average Bonchev–Trinajstić information content (AvgIpc) is 3.55. The molecule has 0 aliphatic carbocycles. The number of para-hydroxylation sites is 1. The maximum Gasteiger partial charge on any atom is 0.266 e. The molecule has 5 aromatic rings. The van der Waals surface area contributed by atoms with Gasteiger partial charge in [0.2, 0.25) is 0 Å². The Balaban J connectivity index is 1.55. The molecule has 0 radical (unpaired) electrons. The van der Waals surface area contributed by atoms with Crippen molar-refractivity contribution in [2.24, 2.45) is 0 Å². The molecule has 0 atom stereocenters. The third kappa shape index (κ3) is 3.19. The first-order chi connectivity index (χ1) is 17.2. The number of amides is 1. The summed E-state index contributed by atoms with van der Waals surface area (Å²) in [6.45, 7) is 1.35. The number of anilines is 1. The molecule has 0 unspecified atom stereocenters. The molecule has 0 saturated carbocycles. The quantitative estimate of drug-likeness (QED) is 0.357. The number of sulfonamides is 1. The van der Waals surface area contributed by atoms with Crippen LogP contribution >= 0.6 is 0 Å². The summed E-state index contributed by atoms with van der Waals surface area (Å²) in [5, 5.41) is 8.76. The lowest BCUT2D eigenvalue weighted by Gasteiger charge is -2.12. The maximum absolute atomic E-state index is 12.6. The molecule has 178 valence electrons. The van der Waals surface area contributed by atoms with Crippen LogP contribution in [-0.2, 0) is 10.0 Å². The number of Topliss-reactive ketones (excluding diaryl/α,β-unsaturated/α-hetero) is 1. The molecule has 1 aliphatic heterocycles.